The number of ether oxygens (including phenoxy) is 1. The number of carbonyl (C=O) groups excluding carboxylic acids is 2. The summed E-state index contributed by atoms with van der Waals surface area (Å²) in [5.41, 5.74) is 0.717. The predicted octanol–water partition coefficient (Wildman–Crippen LogP) is 4.42. The standard InChI is InChI=1S/C21H16FN2O6PS/c1-29-21(26)17-12-32-20(23-17)19(25)16-10-24(18-8-7-14(22)9-15(16)18)31(27,28)30-11-13-5-3-2-4-6-13/h2-10,12H,11H2,1H3,(H,27,28). The number of thiazole rings is 1. The number of rotatable bonds is 7. The molecule has 0 aliphatic carbocycles. The number of hydrogen-bond donors (Lipinski definition) is 1. The van der Waals surface area contributed by atoms with Crippen LogP contribution in [-0.2, 0) is 20.4 Å². The van der Waals surface area contributed by atoms with E-state index in [-0.39, 0.29) is 33.8 Å². The fraction of sp³-hybridized carbons (Fsp3) is 0.0952. The fourth-order valence-electron chi connectivity index (χ4n) is 3.06. The van der Waals surface area contributed by atoms with Gasteiger partial charge >= 0.3 is 13.7 Å². The summed E-state index contributed by atoms with van der Waals surface area (Å²) in [6.07, 6.45) is 1.14. The van der Waals surface area contributed by atoms with Crippen LogP contribution in [0.25, 0.3) is 10.9 Å². The molecular formula is C21H16FN2O6PS. The van der Waals surface area contributed by atoms with Crippen molar-refractivity contribution in [2.75, 3.05) is 7.11 Å². The van der Waals surface area contributed by atoms with Gasteiger partial charge in [-0.15, -0.1) is 11.3 Å². The molecule has 2 heterocycles. The van der Waals surface area contributed by atoms with E-state index < -0.39 is 25.3 Å². The molecule has 164 valence electrons. The number of fused-ring (bicyclic) bond motifs is 1. The zero-order valence-corrected chi connectivity index (χ0v) is 18.3. The Bertz CT molecular complexity index is 1370. The van der Waals surface area contributed by atoms with Crippen LogP contribution in [0.1, 0.15) is 31.4 Å². The Morgan fingerprint density at radius 1 is 1.22 bits per heavy atom. The highest BCUT2D eigenvalue weighted by atomic mass is 32.1. The van der Waals surface area contributed by atoms with E-state index >= 15 is 0 Å². The van der Waals surface area contributed by atoms with E-state index in [1.807, 2.05) is 0 Å². The van der Waals surface area contributed by atoms with Crippen molar-refractivity contribution in [2.45, 2.75) is 6.61 Å². The Morgan fingerprint density at radius 3 is 2.69 bits per heavy atom. The van der Waals surface area contributed by atoms with E-state index in [1.165, 1.54) is 18.6 Å². The first-order chi connectivity index (χ1) is 15.3. The number of carbonyl (C=O) groups is 2. The zero-order valence-electron chi connectivity index (χ0n) is 16.6. The van der Waals surface area contributed by atoms with E-state index in [9.17, 15) is 23.4 Å². The Balaban J connectivity index is 1.74. The van der Waals surface area contributed by atoms with Crippen molar-refractivity contribution < 1.29 is 32.7 Å². The van der Waals surface area contributed by atoms with E-state index in [2.05, 4.69) is 9.72 Å². The molecule has 1 N–H and O–H groups in total. The molecule has 0 bridgehead atoms. The van der Waals surface area contributed by atoms with Gasteiger partial charge in [-0.1, -0.05) is 30.3 Å². The molecule has 4 aromatic rings. The van der Waals surface area contributed by atoms with Crippen LogP contribution in [0.4, 0.5) is 4.39 Å². The van der Waals surface area contributed by atoms with Gasteiger partial charge in [0.25, 0.3) is 0 Å². The smallest absolute Gasteiger partial charge is 0.437 e. The summed E-state index contributed by atoms with van der Waals surface area (Å²) in [5.74, 6) is -1.97. The second-order valence-electron chi connectivity index (χ2n) is 6.66. The summed E-state index contributed by atoms with van der Waals surface area (Å²) in [5, 5.41) is 1.42. The molecular weight excluding hydrogens is 458 g/mol. The minimum atomic E-state index is -4.45. The van der Waals surface area contributed by atoms with Gasteiger partial charge in [0.15, 0.2) is 10.7 Å². The monoisotopic (exact) mass is 474 g/mol. The highest BCUT2D eigenvalue weighted by molar-refractivity contribution is 7.51. The molecule has 0 radical (unpaired) electrons. The molecule has 0 spiro atoms. The lowest BCUT2D eigenvalue weighted by Crippen LogP contribution is -2.05. The van der Waals surface area contributed by atoms with Gasteiger partial charge in [-0.2, -0.15) is 0 Å². The summed E-state index contributed by atoms with van der Waals surface area (Å²) in [6, 6.07) is 12.3. The van der Waals surface area contributed by atoms with Crippen LogP contribution in [0.5, 0.6) is 0 Å². The molecule has 0 aliphatic heterocycles. The first-order valence-corrected chi connectivity index (χ1v) is 11.6. The number of aromatic nitrogens is 2. The fourth-order valence-corrected chi connectivity index (χ4v) is 4.95. The third-order valence-corrected chi connectivity index (χ3v) is 6.78. The second kappa shape index (κ2) is 8.76. The Kier molecular flexibility index (Phi) is 6.03. The summed E-state index contributed by atoms with van der Waals surface area (Å²) in [7, 11) is -3.26. The average Bonchev–Trinajstić information content (AvgIpc) is 3.43. The number of nitrogens with zero attached hydrogens (tertiary/aromatic N) is 2. The summed E-state index contributed by atoms with van der Waals surface area (Å²) >= 11 is 0.906. The van der Waals surface area contributed by atoms with Gasteiger partial charge < -0.3 is 9.63 Å². The van der Waals surface area contributed by atoms with Crippen LogP contribution in [0.2, 0.25) is 0 Å². The minimum absolute atomic E-state index is 0.0465. The van der Waals surface area contributed by atoms with Gasteiger partial charge in [0.1, 0.15) is 5.82 Å². The van der Waals surface area contributed by atoms with Gasteiger partial charge in [0.2, 0.25) is 5.78 Å². The maximum absolute atomic E-state index is 14.0. The van der Waals surface area contributed by atoms with Crippen LogP contribution < -0.4 is 0 Å². The molecule has 2 aromatic heterocycles. The average molecular weight is 474 g/mol. The zero-order chi connectivity index (χ0) is 22.9. The lowest BCUT2D eigenvalue weighted by molar-refractivity contribution is 0.0595. The normalized spacial score (nSPS) is 13.1. The van der Waals surface area contributed by atoms with Crippen molar-refractivity contribution >= 4 is 41.7 Å². The third kappa shape index (κ3) is 4.26. The van der Waals surface area contributed by atoms with Crippen LogP contribution in [0, 0.1) is 5.82 Å². The molecule has 0 aliphatic rings. The molecule has 2 aromatic carbocycles. The van der Waals surface area contributed by atoms with Crippen LogP contribution in [0.15, 0.2) is 60.1 Å². The lowest BCUT2D eigenvalue weighted by atomic mass is 10.1. The molecule has 8 nitrogen and oxygen atoms in total. The number of hydrogen-bond acceptors (Lipinski definition) is 7. The quantitative estimate of drug-likeness (QED) is 0.240. The second-order valence-corrected chi connectivity index (χ2v) is 9.19. The molecule has 1 unspecified atom stereocenters. The summed E-state index contributed by atoms with van der Waals surface area (Å²) in [6.45, 7) is -0.145. The Hall–Kier alpha value is -3.17. The van der Waals surface area contributed by atoms with Crippen LogP contribution in [-0.4, -0.2) is 33.1 Å². The van der Waals surface area contributed by atoms with Gasteiger partial charge in [0.05, 0.1) is 24.8 Å². The van der Waals surface area contributed by atoms with Crippen LogP contribution >= 0.6 is 19.1 Å². The highest BCUT2D eigenvalue weighted by Crippen LogP contribution is 2.48. The molecule has 4 rings (SSSR count). The summed E-state index contributed by atoms with van der Waals surface area (Å²) in [4.78, 5) is 39.3. The van der Waals surface area contributed by atoms with Crippen molar-refractivity contribution in [1.82, 2.24) is 9.32 Å². The van der Waals surface area contributed by atoms with E-state index in [1.54, 1.807) is 30.3 Å². The van der Waals surface area contributed by atoms with Gasteiger partial charge in [-0.25, -0.2) is 18.7 Å². The molecule has 0 saturated heterocycles. The highest BCUT2D eigenvalue weighted by Gasteiger charge is 2.29. The van der Waals surface area contributed by atoms with Crippen molar-refractivity contribution in [3.05, 3.63) is 87.8 Å². The van der Waals surface area contributed by atoms with Gasteiger partial charge in [0, 0.05) is 17.0 Å². The number of methoxy groups -OCH3 is 1. The largest absolute Gasteiger partial charge is 0.464 e. The molecule has 0 amide bonds. The van der Waals surface area contributed by atoms with Crippen molar-refractivity contribution in [3.8, 4) is 0 Å². The first kappa shape index (κ1) is 22.0. The first-order valence-electron chi connectivity index (χ1n) is 9.21. The van der Waals surface area contributed by atoms with E-state index in [0.29, 0.717) is 5.56 Å². The molecule has 1 atom stereocenters. The number of esters is 1. The van der Waals surface area contributed by atoms with Crippen molar-refractivity contribution in [3.63, 3.8) is 0 Å². The van der Waals surface area contributed by atoms with Gasteiger partial charge in [-0.05, 0) is 23.8 Å². The van der Waals surface area contributed by atoms with Crippen molar-refractivity contribution in [1.29, 1.82) is 0 Å². The molecule has 0 fully saturated rings. The molecule has 32 heavy (non-hydrogen) atoms. The van der Waals surface area contributed by atoms with Crippen LogP contribution in [0.3, 0.4) is 0 Å². The van der Waals surface area contributed by atoms with E-state index in [0.717, 1.165) is 34.0 Å². The van der Waals surface area contributed by atoms with Crippen molar-refractivity contribution in [2.24, 2.45) is 0 Å². The topological polar surface area (TPSA) is 108 Å². The maximum Gasteiger partial charge on any atom is 0.437 e. The maximum atomic E-state index is 14.0. The van der Waals surface area contributed by atoms with Gasteiger partial charge in [-0.3, -0.25) is 13.7 Å². The molecule has 0 saturated carbocycles. The Morgan fingerprint density at radius 2 is 1.97 bits per heavy atom. The number of ketones is 1. The third-order valence-electron chi connectivity index (χ3n) is 4.60. The molecule has 11 heteroatoms. The Labute approximate surface area is 185 Å². The SMILES string of the molecule is COC(=O)c1csc(C(=O)c2cn(P(=O)(O)OCc3ccccc3)c3ccc(F)cc23)n1. The number of halogens is 1. The number of benzene rings is 2. The lowest BCUT2D eigenvalue weighted by Gasteiger charge is -2.14. The van der Waals surface area contributed by atoms with E-state index in [4.69, 9.17) is 4.52 Å². The minimum Gasteiger partial charge on any atom is -0.464 e. The predicted molar refractivity (Wildman–Crippen MR) is 115 cm³/mol. The summed E-state index contributed by atoms with van der Waals surface area (Å²) < 4.78 is 37.8.